The average Bonchev–Trinajstić information content (AvgIpc) is 2.02. The predicted octanol–water partition coefficient (Wildman–Crippen LogP) is 3.39. The van der Waals surface area contributed by atoms with Gasteiger partial charge < -0.3 is 4.74 Å². The summed E-state index contributed by atoms with van der Waals surface area (Å²) in [6.45, 7) is 10.5. The van der Waals surface area contributed by atoms with E-state index in [4.69, 9.17) is 4.74 Å². The van der Waals surface area contributed by atoms with Crippen LogP contribution in [0.25, 0.3) is 0 Å². The van der Waals surface area contributed by atoms with E-state index in [0.29, 0.717) is 0 Å². The molecule has 0 aromatic rings. The minimum Gasteiger partial charge on any atom is -0.500 e. The number of aliphatic imine (C=N–C) groups is 1. The van der Waals surface area contributed by atoms with Gasteiger partial charge in [0.25, 0.3) is 0 Å². The average molecular weight is 183 g/mol. The molecule has 0 amide bonds. The lowest BCUT2D eigenvalue weighted by atomic mass is 9.88. The second-order valence-corrected chi connectivity index (χ2v) is 4.12. The molecule has 13 heavy (non-hydrogen) atoms. The zero-order chi connectivity index (χ0) is 10.5. The molecule has 2 nitrogen and oxygen atoms in total. The molecule has 0 aromatic carbocycles. The number of allylic oxidation sites excluding steroid dienone is 1. The van der Waals surface area contributed by atoms with Crippen LogP contribution in [0.5, 0.6) is 0 Å². The van der Waals surface area contributed by atoms with Crippen molar-refractivity contribution in [1.82, 2.24) is 0 Å². The lowest BCUT2D eigenvalue weighted by Gasteiger charge is -2.19. The second kappa shape index (κ2) is 5.05. The first kappa shape index (κ1) is 12.2. The fraction of sp³-hybridized carbons (Fsp3) is 0.727. The van der Waals surface area contributed by atoms with Gasteiger partial charge in [0.2, 0.25) is 0 Å². The van der Waals surface area contributed by atoms with Gasteiger partial charge >= 0.3 is 0 Å². The summed E-state index contributed by atoms with van der Waals surface area (Å²) >= 11 is 0. The largest absolute Gasteiger partial charge is 0.500 e. The van der Waals surface area contributed by atoms with E-state index in [1.54, 1.807) is 13.3 Å². The van der Waals surface area contributed by atoms with Crippen molar-refractivity contribution in [1.29, 1.82) is 0 Å². The Bertz CT molecular complexity index is 209. The second-order valence-electron chi connectivity index (χ2n) is 4.12. The first-order valence-electron chi connectivity index (χ1n) is 4.69. The van der Waals surface area contributed by atoms with Crippen molar-refractivity contribution in [3.63, 3.8) is 0 Å². The Balaban J connectivity index is 4.59. The monoisotopic (exact) mass is 183 g/mol. The molecule has 0 spiro atoms. The Kier molecular flexibility index (Phi) is 4.74. The van der Waals surface area contributed by atoms with E-state index < -0.39 is 0 Å². The summed E-state index contributed by atoms with van der Waals surface area (Å²) in [6.07, 6.45) is 2.76. The van der Waals surface area contributed by atoms with E-state index in [9.17, 15) is 0 Å². The summed E-state index contributed by atoms with van der Waals surface area (Å²) in [5.41, 5.74) is 1.35. The molecule has 2 heteroatoms. The Hall–Kier alpha value is -0.790. The maximum Gasteiger partial charge on any atom is 0.111 e. The minimum absolute atomic E-state index is 0.152. The van der Waals surface area contributed by atoms with Gasteiger partial charge in [-0.2, -0.15) is 0 Å². The summed E-state index contributed by atoms with van der Waals surface area (Å²) in [7, 11) is 1.66. The molecule has 76 valence electrons. The van der Waals surface area contributed by atoms with Crippen molar-refractivity contribution in [2.24, 2.45) is 10.4 Å². The molecular formula is C11H21NO. The highest BCUT2D eigenvalue weighted by Crippen LogP contribution is 2.18. The molecule has 0 rings (SSSR count). The predicted molar refractivity (Wildman–Crippen MR) is 57.9 cm³/mol. The van der Waals surface area contributed by atoms with Gasteiger partial charge in [-0.25, -0.2) is 0 Å². The van der Waals surface area contributed by atoms with Crippen LogP contribution in [0.4, 0.5) is 0 Å². The topological polar surface area (TPSA) is 21.6 Å². The Morgan fingerprint density at radius 3 is 2.23 bits per heavy atom. The van der Waals surface area contributed by atoms with E-state index in [0.717, 1.165) is 12.2 Å². The Labute approximate surface area is 81.7 Å². The Morgan fingerprint density at radius 2 is 1.92 bits per heavy atom. The van der Waals surface area contributed by atoms with Crippen LogP contribution in [0.2, 0.25) is 0 Å². The van der Waals surface area contributed by atoms with Gasteiger partial charge in [-0.3, -0.25) is 4.99 Å². The molecule has 0 aliphatic heterocycles. The maximum absolute atomic E-state index is 5.01. The smallest absolute Gasteiger partial charge is 0.111 e. The van der Waals surface area contributed by atoms with Gasteiger partial charge in [-0.1, -0.05) is 27.7 Å². The minimum atomic E-state index is 0.152. The van der Waals surface area contributed by atoms with E-state index >= 15 is 0 Å². The van der Waals surface area contributed by atoms with Crippen molar-refractivity contribution in [3.8, 4) is 0 Å². The summed E-state index contributed by atoms with van der Waals surface area (Å²) in [6, 6.07) is 0. The Morgan fingerprint density at radius 1 is 1.38 bits per heavy atom. The molecular weight excluding hydrogens is 162 g/mol. The SMILES string of the molecule is CCC(=N/C=C(\C)OC)C(C)(C)C. The summed E-state index contributed by atoms with van der Waals surface area (Å²) in [5.74, 6) is 0.843. The number of rotatable bonds is 3. The van der Waals surface area contributed by atoms with Crippen molar-refractivity contribution in [2.45, 2.75) is 41.0 Å². The number of hydrogen-bond acceptors (Lipinski definition) is 2. The van der Waals surface area contributed by atoms with Crippen molar-refractivity contribution in [2.75, 3.05) is 7.11 Å². The van der Waals surface area contributed by atoms with Crippen molar-refractivity contribution >= 4 is 5.71 Å². The molecule has 0 heterocycles. The lowest BCUT2D eigenvalue weighted by molar-refractivity contribution is 0.292. The van der Waals surface area contributed by atoms with Crippen LogP contribution in [-0.2, 0) is 4.74 Å². The molecule has 0 aromatic heterocycles. The standard InChI is InChI=1S/C11H21NO/c1-7-10(11(3,4)5)12-8-9(2)13-6/h8H,7H2,1-6H3/b9-8+,12-10?. The van der Waals surface area contributed by atoms with Crippen LogP contribution in [0.1, 0.15) is 41.0 Å². The van der Waals surface area contributed by atoms with E-state index in [-0.39, 0.29) is 5.41 Å². The molecule has 0 radical (unpaired) electrons. The fourth-order valence-corrected chi connectivity index (χ4v) is 1.04. The molecule has 0 N–H and O–H groups in total. The molecule has 0 aliphatic rings. The van der Waals surface area contributed by atoms with Gasteiger partial charge in [-0.15, -0.1) is 0 Å². The normalized spacial score (nSPS) is 14.6. The number of hydrogen-bond donors (Lipinski definition) is 0. The summed E-state index contributed by atoms with van der Waals surface area (Å²) in [5, 5.41) is 0. The third kappa shape index (κ3) is 4.71. The maximum atomic E-state index is 5.01. The van der Waals surface area contributed by atoms with Gasteiger partial charge in [-0.05, 0) is 13.3 Å². The van der Waals surface area contributed by atoms with Crippen molar-refractivity contribution < 1.29 is 4.74 Å². The van der Waals surface area contributed by atoms with Crippen molar-refractivity contribution in [3.05, 3.63) is 12.0 Å². The van der Waals surface area contributed by atoms with Crippen LogP contribution >= 0.6 is 0 Å². The first-order valence-corrected chi connectivity index (χ1v) is 4.69. The first-order chi connectivity index (χ1) is 5.91. The highest BCUT2D eigenvalue weighted by Gasteiger charge is 2.16. The molecule has 0 saturated carbocycles. The van der Waals surface area contributed by atoms with Gasteiger partial charge in [0, 0.05) is 11.1 Å². The van der Waals surface area contributed by atoms with Gasteiger partial charge in [0.15, 0.2) is 0 Å². The van der Waals surface area contributed by atoms with Crippen LogP contribution in [-0.4, -0.2) is 12.8 Å². The third-order valence-corrected chi connectivity index (χ3v) is 1.92. The van der Waals surface area contributed by atoms with E-state index in [1.807, 2.05) is 6.92 Å². The zero-order valence-electron chi connectivity index (χ0n) is 9.64. The molecule has 0 unspecified atom stereocenters. The number of methoxy groups -OCH3 is 1. The lowest BCUT2D eigenvalue weighted by Crippen LogP contribution is -2.18. The molecule has 0 fully saturated rings. The summed E-state index contributed by atoms with van der Waals surface area (Å²) in [4.78, 5) is 4.41. The molecule has 0 saturated heterocycles. The van der Waals surface area contributed by atoms with Crippen LogP contribution in [0, 0.1) is 5.41 Å². The molecule has 0 atom stereocenters. The zero-order valence-corrected chi connectivity index (χ0v) is 9.64. The summed E-state index contributed by atoms with van der Waals surface area (Å²) < 4.78 is 5.01. The molecule has 0 aliphatic carbocycles. The van der Waals surface area contributed by atoms with Gasteiger partial charge in [0.1, 0.15) is 5.76 Å². The fourth-order valence-electron chi connectivity index (χ4n) is 1.04. The molecule has 0 bridgehead atoms. The van der Waals surface area contributed by atoms with E-state index in [1.165, 1.54) is 5.71 Å². The highest BCUT2D eigenvalue weighted by molar-refractivity contribution is 5.89. The van der Waals surface area contributed by atoms with Crippen LogP contribution in [0.3, 0.4) is 0 Å². The van der Waals surface area contributed by atoms with Crippen LogP contribution in [0.15, 0.2) is 17.0 Å². The number of nitrogens with zero attached hydrogens (tertiary/aromatic N) is 1. The number of ether oxygens (including phenoxy) is 1. The highest BCUT2D eigenvalue weighted by atomic mass is 16.5. The van der Waals surface area contributed by atoms with E-state index in [2.05, 4.69) is 32.7 Å². The quantitative estimate of drug-likeness (QED) is 0.485. The van der Waals surface area contributed by atoms with Crippen LogP contribution < -0.4 is 0 Å². The third-order valence-electron chi connectivity index (χ3n) is 1.92. The van der Waals surface area contributed by atoms with Gasteiger partial charge in [0.05, 0.1) is 13.3 Å².